The molecule has 0 saturated carbocycles. The third kappa shape index (κ3) is 4.50. The van der Waals surface area contributed by atoms with Crippen LogP contribution in [0.15, 0.2) is 16.6 Å². The van der Waals surface area contributed by atoms with Crippen LogP contribution in [0.5, 0.6) is 5.75 Å². The van der Waals surface area contributed by atoms with Crippen molar-refractivity contribution in [1.29, 1.82) is 0 Å². The van der Waals surface area contributed by atoms with E-state index in [1.807, 2.05) is 13.0 Å². The molecule has 94 valence electrons. The molecule has 0 amide bonds. The summed E-state index contributed by atoms with van der Waals surface area (Å²) in [4.78, 5) is 10.7. The lowest BCUT2D eigenvalue weighted by atomic mass is 10.1. The van der Waals surface area contributed by atoms with Gasteiger partial charge in [0.2, 0.25) is 0 Å². The van der Waals surface area contributed by atoms with E-state index in [1.54, 1.807) is 6.07 Å². The molecule has 0 atom stereocenters. The molecule has 0 unspecified atom stereocenters. The van der Waals surface area contributed by atoms with Gasteiger partial charge in [0.05, 0.1) is 11.1 Å². The minimum atomic E-state index is 0.674. The maximum Gasteiger partial charge on any atom is 0.150 e. The molecule has 1 aromatic carbocycles. The van der Waals surface area contributed by atoms with E-state index < -0.39 is 0 Å². The molecule has 2 nitrogen and oxygen atoms in total. The van der Waals surface area contributed by atoms with E-state index >= 15 is 0 Å². The second-order valence-electron chi connectivity index (χ2n) is 4.18. The first-order valence-electron chi connectivity index (χ1n) is 6.07. The summed E-state index contributed by atoms with van der Waals surface area (Å²) in [6, 6.07) is 3.64. The van der Waals surface area contributed by atoms with Crippen LogP contribution in [0.3, 0.4) is 0 Å². The molecule has 3 heteroatoms. The van der Waals surface area contributed by atoms with Crippen LogP contribution >= 0.6 is 15.9 Å². The first-order valence-corrected chi connectivity index (χ1v) is 6.86. The number of benzene rings is 1. The highest BCUT2D eigenvalue weighted by atomic mass is 79.9. The zero-order chi connectivity index (χ0) is 12.7. The minimum Gasteiger partial charge on any atom is -0.492 e. The van der Waals surface area contributed by atoms with Gasteiger partial charge in [-0.2, -0.15) is 0 Å². The van der Waals surface area contributed by atoms with Crippen LogP contribution < -0.4 is 4.74 Å². The predicted octanol–water partition coefficient (Wildman–Crippen LogP) is 4.53. The van der Waals surface area contributed by atoms with Crippen LogP contribution in [0.2, 0.25) is 0 Å². The van der Waals surface area contributed by atoms with E-state index in [2.05, 4.69) is 22.9 Å². The molecule has 1 rings (SSSR count). The van der Waals surface area contributed by atoms with E-state index in [9.17, 15) is 4.79 Å². The summed E-state index contributed by atoms with van der Waals surface area (Å²) in [5, 5.41) is 0. The van der Waals surface area contributed by atoms with Crippen molar-refractivity contribution in [1.82, 2.24) is 0 Å². The Balaban J connectivity index is 2.56. The van der Waals surface area contributed by atoms with Crippen molar-refractivity contribution < 1.29 is 9.53 Å². The molecule has 0 spiro atoms. The second kappa shape index (κ2) is 7.49. The normalized spacial score (nSPS) is 10.3. The maximum atomic E-state index is 10.7. The Bertz CT molecular complexity index is 351. The predicted molar refractivity (Wildman–Crippen MR) is 73.9 cm³/mol. The number of hydrogen-bond acceptors (Lipinski definition) is 2. The van der Waals surface area contributed by atoms with E-state index in [-0.39, 0.29) is 0 Å². The molecule has 0 aliphatic rings. The highest BCUT2D eigenvalue weighted by Gasteiger charge is 2.07. The van der Waals surface area contributed by atoms with Crippen molar-refractivity contribution in [2.24, 2.45) is 0 Å². The third-order valence-corrected chi connectivity index (χ3v) is 3.22. The summed E-state index contributed by atoms with van der Waals surface area (Å²) < 4.78 is 6.61. The first-order chi connectivity index (χ1) is 8.19. The van der Waals surface area contributed by atoms with Crippen LogP contribution in [0, 0.1) is 6.92 Å². The van der Waals surface area contributed by atoms with Crippen molar-refractivity contribution in [3.05, 3.63) is 27.7 Å². The van der Waals surface area contributed by atoms with E-state index in [0.717, 1.165) is 35.1 Å². The van der Waals surface area contributed by atoms with Gasteiger partial charge in [-0.3, -0.25) is 4.79 Å². The van der Waals surface area contributed by atoms with Gasteiger partial charge < -0.3 is 4.74 Å². The minimum absolute atomic E-state index is 0.674. The molecule has 0 heterocycles. The number of halogens is 1. The number of unbranched alkanes of at least 4 members (excludes halogenated alkanes) is 3. The number of carbonyl (C=O) groups excluding carboxylic acids is 1. The van der Waals surface area contributed by atoms with E-state index in [4.69, 9.17) is 4.74 Å². The quantitative estimate of drug-likeness (QED) is 0.546. The third-order valence-electron chi connectivity index (χ3n) is 2.63. The first kappa shape index (κ1) is 14.2. The largest absolute Gasteiger partial charge is 0.492 e. The van der Waals surface area contributed by atoms with Crippen LogP contribution in [0.25, 0.3) is 0 Å². The Morgan fingerprint density at radius 1 is 1.29 bits per heavy atom. The molecule has 0 aliphatic carbocycles. The fourth-order valence-electron chi connectivity index (χ4n) is 1.71. The summed E-state index contributed by atoms with van der Waals surface area (Å²) in [6.07, 6.45) is 5.63. The number of carbonyl (C=O) groups is 1. The van der Waals surface area contributed by atoms with Crippen LogP contribution in [0.1, 0.15) is 48.5 Å². The Morgan fingerprint density at radius 2 is 2.06 bits per heavy atom. The molecule has 0 aliphatic heterocycles. The van der Waals surface area contributed by atoms with Crippen molar-refractivity contribution >= 4 is 22.2 Å². The molecule has 0 N–H and O–H groups in total. The monoisotopic (exact) mass is 298 g/mol. The van der Waals surface area contributed by atoms with E-state index in [0.29, 0.717) is 5.56 Å². The van der Waals surface area contributed by atoms with Gasteiger partial charge in [0.15, 0.2) is 0 Å². The van der Waals surface area contributed by atoms with Crippen LogP contribution in [-0.2, 0) is 0 Å². The molecule has 0 fully saturated rings. The number of hydrogen-bond donors (Lipinski definition) is 0. The zero-order valence-corrected chi connectivity index (χ0v) is 12.0. The summed E-state index contributed by atoms with van der Waals surface area (Å²) >= 11 is 3.44. The van der Waals surface area contributed by atoms with Crippen molar-refractivity contribution in [2.45, 2.75) is 39.5 Å². The van der Waals surface area contributed by atoms with Gasteiger partial charge in [0, 0.05) is 5.56 Å². The fourth-order valence-corrected chi connectivity index (χ4v) is 2.40. The van der Waals surface area contributed by atoms with Crippen molar-refractivity contribution in [3.63, 3.8) is 0 Å². The van der Waals surface area contributed by atoms with Gasteiger partial charge in [-0.25, -0.2) is 0 Å². The molecule has 0 saturated heterocycles. The van der Waals surface area contributed by atoms with Gasteiger partial charge in [0.1, 0.15) is 12.0 Å². The number of aldehydes is 1. The molecule has 1 aromatic rings. The van der Waals surface area contributed by atoms with Gasteiger partial charge in [-0.1, -0.05) is 26.2 Å². The molecule has 0 bridgehead atoms. The summed E-state index contributed by atoms with van der Waals surface area (Å²) in [6.45, 7) is 4.89. The lowest BCUT2D eigenvalue weighted by Crippen LogP contribution is -2.00. The van der Waals surface area contributed by atoms with Gasteiger partial charge >= 0.3 is 0 Å². The topological polar surface area (TPSA) is 26.3 Å². The Labute approximate surface area is 111 Å². The highest BCUT2D eigenvalue weighted by Crippen LogP contribution is 2.30. The fraction of sp³-hybridized carbons (Fsp3) is 0.500. The lowest BCUT2D eigenvalue weighted by molar-refractivity contribution is 0.112. The number of rotatable bonds is 7. The Morgan fingerprint density at radius 3 is 2.65 bits per heavy atom. The Hall–Kier alpha value is -0.830. The number of ether oxygens (including phenoxy) is 1. The molecule has 0 radical (unpaired) electrons. The van der Waals surface area contributed by atoms with Crippen LogP contribution in [0.4, 0.5) is 0 Å². The van der Waals surface area contributed by atoms with Gasteiger partial charge in [-0.15, -0.1) is 0 Å². The van der Waals surface area contributed by atoms with Gasteiger partial charge in [-0.05, 0) is 47.0 Å². The molecule has 17 heavy (non-hydrogen) atoms. The van der Waals surface area contributed by atoms with Crippen LogP contribution in [-0.4, -0.2) is 12.9 Å². The molecular formula is C14H19BrO2. The zero-order valence-electron chi connectivity index (χ0n) is 10.5. The van der Waals surface area contributed by atoms with E-state index in [1.165, 1.54) is 19.3 Å². The maximum absolute atomic E-state index is 10.7. The number of aryl methyl sites for hydroxylation is 1. The highest BCUT2D eigenvalue weighted by molar-refractivity contribution is 9.10. The average molecular weight is 299 g/mol. The summed E-state index contributed by atoms with van der Waals surface area (Å²) in [5.41, 5.74) is 1.67. The van der Waals surface area contributed by atoms with Crippen molar-refractivity contribution in [3.8, 4) is 5.75 Å². The Kier molecular flexibility index (Phi) is 6.27. The average Bonchev–Trinajstić information content (AvgIpc) is 2.31. The molecular weight excluding hydrogens is 280 g/mol. The lowest BCUT2D eigenvalue weighted by Gasteiger charge is -2.11. The smallest absolute Gasteiger partial charge is 0.150 e. The SMILES string of the molecule is CCCCCCOc1c(C)cc(C=O)cc1Br. The summed E-state index contributed by atoms with van der Waals surface area (Å²) in [5.74, 6) is 0.854. The summed E-state index contributed by atoms with van der Waals surface area (Å²) in [7, 11) is 0. The van der Waals surface area contributed by atoms with Crippen molar-refractivity contribution in [2.75, 3.05) is 6.61 Å². The standard InChI is InChI=1S/C14H19BrO2/c1-3-4-5-6-7-17-14-11(2)8-12(10-16)9-13(14)15/h8-10H,3-7H2,1-2H3. The van der Waals surface area contributed by atoms with Gasteiger partial charge in [0.25, 0.3) is 0 Å². The molecule has 0 aromatic heterocycles. The second-order valence-corrected chi connectivity index (χ2v) is 5.03.